The highest BCUT2D eigenvalue weighted by Crippen LogP contribution is 2.34. The second-order valence-corrected chi connectivity index (χ2v) is 7.76. The maximum absolute atomic E-state index is 13.4. The lowest BCUT2D eigenvalue weighted by molar-refractivity contribution is -0.143. The van der Waals surface area contributed by atoms with Crippen molar-refractivity contribution in [1.29, 1.82) is 0 Å². The van der Waals surface area contributed by atoms with Gasteiger partial charge in [0.25, 0.3) is 0 Å². The van der Waals surface area contributed by atoms with Crippen molar-refractivity contribution in [3.8, 4) is 5.75 Å². The van der Waals surface area contributed by atoms with Crippen molar-refractivity contribution in [2.24, 2.45) is 0 Å². The van der Waals surface area contributed by atoms with Gasteiger partial charge in [0.15, 0.2) is 0 Å². The van der Waals surface area contributed by atoms with E-state index in [2.05, 4.69) is 16.8 Å². The summed E-state index contributed by atoms with van der Waals surface area (Å²) in [5.74, 6) is 0.776. The first-order valence-electron chi connectivity index (χ1n) is 10.3. The van der Waals surface area contributed by atoms with Gasteiger partial charge >= 0.3 is 0 Å². The average molecular weight is 398 g/mol. The van der Waals surface area contributed by atoms with Crippen LogP contribution >= 0.6 is 0 Å². The molecule has 6 heteroatoms. The Morgan fingerprint density at radius 2 is 2.00 bits per heavy atom. The summed E-state index contributed by atoms with van der Waals surface area (Å²) in [5, 5.41) is 0. The van der Waals surface area contributed by atoms with Crippen LogP contribution in [0.3, 0.4) is 0 Å². The number of methoxy groups -OCH3 is 1. The number of carbonyl (C=O) groups excluding carboxylic acids is 2. The number of fused-ring (bicyclic) bond motifs is 1. The molecule has 2 amide bonds. The summed E-state index contributed by atoms with van der Waals surface area (Å²) in [6, 6.07) is 11.7. The lowest BCUT2D eigenvalue weighted by Gasteiger charge is -2.39. The van der Waals surface area contributed by atoms with E-state index in [0.29, 0.717) is 13.0 Å². The fourth-order valence-electron chi connectivity index (χ4n) is 3.97. The highest BCUT2D eigenvalue weighted by atomic mass is 16.5. The van der Waals surface area contributed by atoms with E-state index in [1.807, 2.05) is 56.0 Å². The Bertz CT molecular complexity index is 859. The highest BCUT2D eigenvalue weighted by Gasteiger charge is 2.33. The third-order valence-corrected chi connectivity index (χ3v) is 5.48. The molecule has 1 aliphatic heterocycles. The minimum absolute atomic E-state index is 0.0121. The summed E-state index contributed by atoms with van der Waals surface area (Å²) in [4.78, 5) is 29.5. The van der Waals surface area contributed by atoms with Crippen LogP contribution in [-0.4, -0.2) is 52.4 Å². The summed E-state index contributed by atoms with van der Waals surface area (Å²) >= 11 is 0. The van der Waals surface area contributed by atoms with Crippen molar-refractivity contribution in [3.63, 3.8) is 0 Å². The molecule has 0 N–H and O–H groups in total. The van der Waals surface area contributed by atoms with Crippen molar-refractivity contribution < 1.29 is 14.3 Å². The maximum atomic E-state index is 13.4. The van der Waals surface area contributed by atoms with E-state index in [1.165, 1.54) is 0 Å². The third kappa shape index (κ3) is 4.47. The SMILES string of the molecule is CCCC(=O)N(CC(=O)N1CCn2cccc2C1c1cccc(OC)c1)C(C)C. The van der Waals surface area contributed by atoms with Crippen LogP contribution in [0.25, 0.3) is 0 Å². The van der Waals surface area contributed by atoms with Crippen molar-refractivity contribution in [2.45, 2.75) is 52.2 Å². The van der Waals surface area contributed by atoms with Gasteiger partial charge in [-0.05, 0) is 50.1 Å². The van der Waals surface area contributed by atoms with Crippen LogP contribution in [-0.2, 0) is 16.1 Å². The molecule has 0 fully saturated rings. The Morgan fingerprint density at radius 1 is 1.21 bits per heavy atom. The number of nitrogens with zero attached hydrogens (tertiary/aromatic N) is 3. The molecular formula is C23H31N3O3. The van der Waals surface area contributed by atoms with E-state index in [1.54, 1.807) is 12.0 Å². The predicted molar refractivity (Wildman–Crippen MR) is 113 cm³/mol. The number of hydrogen-bond donors (Lipinski definition) is 0. The third-order valence-electron chi connectivity index (χ3n) is 5.48. The van der Waals surface area contributed by atoms with Crippen LogP contribution in [0, 0.1) is 0 Å². The molecule has 0 radical (unpaired) electrons. The first kappa shape index (κ1) is 21.0. The molecule has 0 bridgehead atoms. The molecule has 0 aliphatic carbocycles. The smallest absolute Gasteiger partial charge is 0.243 e. The fraction of sp³-hybridized carbons (Fsp3) is 0.478. The lowest BCUT2D eigenvalue weighted by Crippen LogP contribution is -2.49. The normalized spacial score (nSPS) is 15.9. The lowest BCUT2D eigenvalue weighted by atomic mass is 9.99. The van der Waals surface area contributed by atoms with Crippen molar-refractivity contribution in [3.05, 3.63) is 53.9 Å². The van der Waals surface area contributed by atoms with Gasteiger partial charge in [0, 0.05) is 37.4 Å². The van der Waals surface area contributed by atoms with Crippen LogP contribution in [0.5, 0.6) is 5.75 Å². The van der Waals surface area contributed by atoms with Gasteiger partial charge in [-0.1, -0.05) is 19.1 Å². The standard InChI is InChI=1S/C23H31N3O3/c1-5-8-21(27)26(17(2)3)16-22(28)25-14-13-24-12-7-11-20(24)23(25)18-9-6-10-19(15-18)29-4/h6-7,9-12,15,17,23H,5,8,13-14,16H2,1-4H3. The van der Waals surface area contributed by atoms with E-state index in [9.17, 15) is 9.59 Å². The Balaban J connectivity index is 1.91. The molecule has 0 saturated heterocycles. The molecule has 6 nitrogen and oxygen atoms in total. The van der Waals surface area contributed by atoms with Crippen molar-refractivity contribution in [1.82, 2.24) is 14.4 Å². The summed E-state index contributed by atoms with van der Waals surface area (Å²) in [6.45, 7) is 7.37. The minimum atomic E-state index is -0.198. The first-order chi connectivity index (χ1) is 14.0. The first-order valence-corrected chi connectivity index (χ1v) is 10.3. The predicted octanol–water partition coefficient (Wildman–Crippen LogP) is 3.47. The zero-order valence-electron chi connectivity index (χ0n) is 17.8. The van der Waals surface area contributed by atoms with Gasteiger partial charge in [0.05, 0.1) is 13.2 Å². The van der Waals surface area contributed by atoms with Gasteiger partial charge in [0.1, 0.15) is 12.3 Å². The van der Waals surface area contributed by atoms with Crippen LogP contribution in [0.2, 0.25) is 0 Å². The van der Waals surface area contributed by atoms with E-state index in [0.717, 1.165) is 30.0 Å². The largest absolute Gasteiger partial charge is 0.497 e. The maximum Gasteiger partial charge on any atom is 0.243 e. The van der Waals surface area contributed by atoms with Gasteiger partial charge in [-0.15, -0.1) is 0 Å². The second kappa shape index (κ2) is 9.16. The quantitative estimate of drug-likeness (QED) is 0.719. The summed E-state index contributed by atoms with van der Waals surface area (Å²) in [7, 11) is 1.64. The molecule has 1 aliphatic rings. The topological polar surface area (TPSA) is 54.8 Å². The summed E-state index contributed by atoms with van der Waals surface area (Å²) in [5.41, 5.74) is 2.09. The zero-order valence-corrected chi connectivity index (χ0v) is 17.8. The molecule has 3 rings (SSSR count). The van der Waals surface area contributed by atoms with Crippen molar-refractivity contribution in [2.75, 3.05) is 20.2 Å². The number of carbonyl (C=O) groups is 2. The molecule has 29 heavy (non-hydrogen) atoms. The molecule has 1 unspecified atom stereocenters. The minimum Gasteiger partial charge on any atom is -0.497 e. The molecular weight excluding hydrogens is 366 g/mol. The average Bonchev–Trinajstić information content (AvgIpc) is 3.19. The number of ether oxygens (including phenoxy) is 1. The van der Waals surface area contributed by atoms with Gasteiger partial charge < -0.3 is 19.1 Å². The molecule has 1 aromatic carbocycles. The van der Waals surface area contributed by atoms with Crippen LogP contribution in [0.4, 0.5) is 0 Å². The van der Waals surface area contributed by atoms with Crippen LogP contribution in [0.1, 0.15) is 50.9 Å². The van der Waals surface area contributed by atoms with Gasteiger partial charge in [-0.25, -0.2) is 0 Å². The van der Waals surface area contributed by atoms with Gasteiger partial charge in [-0.3, -0.25) is 9.59 Å². The number of benzene rings is 1. The van der Waals surface area contributed by atoms with E-state index in [4.69, 9.17) is 4.74 Å². The van der Waals surface area contributed by atoms with Gasteiger partial charge in [0.2, 0.25) is 11.8 Å². The van der Waals surface area contributed by atoms with E-state index >= 15 is 0 Å². The van der Waals surface area contributed by atoms with Crippen LogP contribution in [0.15, 0.2) is 42.6 Å². The molecule has 156 valence electrons. The molecule has 0 spiro atoms. The van der Waals surface area contributed by atoms with Gasteiger partial charge in [-0.2, -0.15) is 0 Å². The Kier molecular flexibility index (Phi) is 6.62. The Hall–Kier alpha value is -2.76. The molecule has 2 aromatic rings. The van der Waals surface area contributed by atoms with Crippen molar-refractivity contribution >= 4 is 11.8 Å². The summed E-state index contributed by atoms with van der Waals surface area (Å²) < 4.78 is 7.59. The molecule has 1 atom stereocenters. The molecule has 2 heterocycles. The Morgan fingerprint density at radius 3 is 2.69 bits per heavy atom. The second-order valence-electron chi connectivity index (χ2n) is 7.76. The number of aromatic nitrogens is 1. The molecule has 1 aromatic heterocycles. The fourth-order valence-corrected chi connectivity index (χ4v) is 3.97. The van der Waals surface area contributed by atoms with E-state index in [-0.39, 0.29) is 30.4 Å². The number of rotatable bonds is 7. The Labute approximate surface area is 173 Å². The monoisotopic (exact) mass is 397 g/mol. The number of amides is 2. The zero-order chi connectivity index (χ0) is 21.0. The van der Waals surface area contributed by atoms with E-state index < -0.39 is 0 Å². The number of hydrogen-bond acceptors (Lipinski definition) is 3. The van der Waals surface area contributed by atoms with Crippen LogP contribution < -0.4 is 4.74 Å². The summed E-state index contributed by atoms with van der Waals surface area (Å²) in [6.07, 6.45) is 3.29. The highest BCUT2D eigenvalue weighted by molar-refractivity contribution is 5.85. The molecule has 0 saturated carbocycles.